The lowest BCUT2D eigenvalue weighted by atomic mass is 10.1. The Morgan fingerprint density at radius 1 is 1.27 bits per heavy atom. The van der Waals surface area contributed by atoms with E-state index in [1.54, 1.807) is 0 Å². The van der Waals surface area contributed by atoms with Crippen LogP contribution in [0.5, 0.6) is 0 Å². The summed E-state index contributed by atoms with van der Waals surface area (Å²) in [5.74, 6) is -1.56. The van der Waals surface area contributed by atoms with Crippen LogP contribution in [0.3, 0.4) is 0 Å². The molecule has 1 aromatic heterocycles. The van der Waals surface area contributed by atoms with Gasteiger partial charge < -0.3 is 14.0 Å². The van der Waals surface area contributed by atoms with Crippen molar-refractivity contribution in [3.8, 4) is 11.8 Å². The van der Waals surface area contributed by atoms with Crippen LogP contribution < -0.4 is 0 Å². The minimum atomic E-state index is -0.869. The fourth-order valence-corrected chi connectivity index (χ4v) is 2.74. The number of benzene rings is 1. The Morgan fingerprint density at radius 3 is 2.50 bits per heavy atom. The van der Waals surface area contributed by atoms with Crippen molar-refractivity contribution in [2.45, 2.75) is 13.8 Å². The SMILES string of the molecule is COC(=O)COC(=O)/C(C#N)=C/c1cc(C)n(-c2ccc(Br)cc2)c1C. The van der Waals surface area contributed by atoms with Gasteiger partial charge in [-0.15, -0.1) is 0 Å². The van der Waals surface area contributed by atoms with Crippen molar-refractivity contribution in [2.24, 2.45) is 0 Å². The van der Waals surface area contributed by atoms with Gasteiger partial charge in [-0.25, -0.2) is 9.59 Å². The van der Waals surface area contributed by atoms with Gasteiger partial charge >= 0.3 is 11.9 Å². The molecule has 0 atom stereocenters. The summed E-state index contributed by atoms with van der Waals surface area (Å²) in [4.78, 5) is 23.0. The van der Waals surface area contributed by atoms with E-state index in [4.69, 9.17) is 4.74 Å². The summed E-state index contributed by atoms with van der Waals surface area (Å²) in [6, 6.07) is 11.5. The van der Waals surface area contributed by atoms with Crippen LogP contribution in [0.2, 0.25) is 0 Å². The molecule has 0 aliphatic heterocycles. The molecule has 0 aliphatic carbocycles. The fraction of sp³-hybridized carbons (Fsp3) is 0.211. The first-order valence-corrected chi connectivity index (χ1v) is 8.47. The summed E-state index contributed by atoms with van der Waals surface area (Å²) in [6.07, 6.45) is 1.46. The second-order valence-electron chi connectivity index (χ2n) is 5.46. The smallest absolute Gasteiger partial charge is 0.349 e. The van der Waals surface area contributed by atoms with Crippen LogP contribution in [0.4, 0.5) is 0 Å². The summed E-state index contributed by atoms with van der Waals surface area (Å²) >= 11 is 3.41. The number of nitriles is 1. The highest BCUT2D eigenvalue weighted by Gasteiger charge is 2.16. The lowest BCUT2D eigenvalue weighted by Crippen LogP contribution is -2.15. The van der Waals surface area contributed by atoms with Crippen molar-refractivity contribution in [1.29, 1.82) is 5.26 Å². The van der Waals surface area contributed by atoms with Gasteiger partial charge in [-0.05, 0) is 55.8 Å². The maximum absolute atomic E-state index is 12.0. The zero-order chi connectivity index (χ0) is 19.3. The quantitative estimate of drug-likeness (QED) is 0.423. The number of aryl methyl sites for hydroxylation is 1. The molecule has 0 amide bonds. The minimum absolute atomic E-state index is 0.190. The van der Waals surface area contributed by atoms with Gasteiger partial charge in [0.2, 0.25) is 0 Å². The lowest BCUT2D eigenvalue weighted by Gasteiger charge is -2.09. The molecule has 1 aromatic carbocycles. The zero-order valence-corrected chi connectivity index (χ0v) is 16.2. The van der Waals surface area contributed by atoms with Gasteiger partial charge in [0, 0.05) is 21.5 Å². The van der Waals surface area contributed by atoms with Gasteiger partial charge in [-0.3, -0.25) is 0 Å². The number of halogens is 1. The van der Waals surface area contributed by atoms with Crippen molar-refractivity contribution >= 4 is 33.9 Å². The van der Waals surface area contributed by atoms with Crippen LogP contribution in [-0.2, 0) is 19.1 Å². The molecule has 0 saturated carbocycles. The van der Waals surface area contributed by atoms with Crippen LogP contribution in [0.15, 0.2) is 40.4 Å². The van der Waals surface area contributed by atoms with E-state index in [0.717, 1.165) is 27.1 Å². The normalized spacial score (nSPS) is 11.0. The van der Waals surface area contributed by atoms with Crippen LogP contribution >= 0.6 is 15.9 Å². The van der Waals surface area contributed by atoms with Crippen LogP contribution in [0.25, 0.3) is 11.8 Å². The monoisotopic (exact) mass is 416 g/mol. The number of methoxy groups -OCH3 is 1. The topological polar surface area (TPSA) is 81.3 Å². The molecule has 0 bridgehead atoms. The maximum Gasteiger partial charge on any atom is 0.349 e. The molecule has 0 fully saturated rings. The van der Waals surface area contributed by atoms with Crippen molar-refractivity contribution in [2.75, 3.05) is 13.7 Å². The van der Waals surface area contributed by atoms with Gasteiger partial charge in [-0.2, -0.15) is 5.26 Å². The summed E-state index contributed by atoms with van der Waals surface area (Å²) in [5, 5.41) is 9.25. The molecular formula is C19H17BrN2O4. The third-order valence-corrected chi connectivity index (χ3v) is 4.27. The molecule has 0 radical (unpaired) electrons. The molecule has 0 saturated heterocycles. The van der Waals surface area contributed by atoms with Crippen molar-refractivity contribution in [1.82, 2.24) is 4.57 Å². The van der Waals surface area contributed by atoms with E-state index in [-0.39, 0.29) is 5.57 Å². The highest BCUT2D eigenvalue weighted by atomic mass is 79.9. The number of ether oxygens (including phenoxy) is 2. The number of carbonyl (C=O) groups is 2. The standard InChI is InChI=1S/C19H17BrN2O4/c1-12-8-14(9-15(10-21)19(24)26-11-18(23)25-3)13(2)22(12)17-6-4-16(20)5-7-17/h4-9H,11H2,1-3H3/b15-9+. The largest absolute Gasteiger partial charge is 0.466 e. The number of esters is 2. The minimum Gasteiger partial charge on any atom is -0.466 e. The first kappa shape index (κ1) is 19.5. The van der Waals surface area contributed by atoms with Crippen molar-refractivity contribution in [3.63, 3.8) is 0 Å². The van der Waals surface area contributed by atoms with Gasteiger partial charge in [0.05, 0.1) is 7.11 Å². The fourth-order valence-electron chi connectivity index (χ4n) is 2.47. The number of aromatic nitrogens is 1. The van der Waals surface area contributed by atoms with Crippen molar-refractivity contribution < 1.29 is 19.1 Å². The number of nitrogens with zero attached hydrogens (tertiary/aromatic N) is 2. The van der Waals surface area contributed by atoms with Crippen LogP contribution in [0, 0.1) is 25.2 Å². The third-order valence-electron chi connectivity index (χ3n) is 3.74. The molecule has 1 heterocycles. The highest BCUT2D eigenvalue weighted by Crippen LogP contribution is 2.24. The van der Waals surface area contributed by atoms with Crippen LogP contribution in [0.1, 0.15) is 17.0 Å². The van der Waals surface area contributed by atoms with Crippen LogP contribution in [-0.4, -0.2) is 30.2 Å². The highest BCUT2D eigenvalue weighted by molar-refractivity contribution is 9.10. The summed E-state index contributed by atoms with van der Waals surface area (Å²) in [7, 11) is 1.19. The Bertz CT molecular complexity index is 905. The summed E-state index contributed by atoms with van der Waals surface area (Å²) in [6.45, 7) is 3.30. The van der Waals surface area contributed by atoms with Crippen molar-refractivity contribution in [3.05, 3.63) is 57.3 Å². The van der Waals surface area contributed by atoms with E-state index in [1.165, 1.54) is 13.2 Å². The average molecular weight is 417 g/mol. The Balaban J connectivity index is 2.33. The Kier molecular flexibility index (Phi) is 6.36. The Morgan fingerprint density at radius 2 is 1.92 bits per heavy atom. The number of rotatable bonds is 5. The second-order valence-corrected chi connectivity index (χ2v) is 6.38. The van der Waals surface area contributed by atoms with E-state index in [1.807, 2.05) is 54.8 Å². The van der Waals surface area contributed by atoms with Gasteiger partial charge in [0.15, 0.2) is 6.61 Å². The molecule has 134 valence electrons. The predicted octanol–water partition coefficient (Wildman–Crippen LogP) is 3.48. The molecule has 2 rings (SSSR count). The molecular weight excluding hydrogens is 400 g/mol. The number of hydrogen-bond donors (Lipinski definition) is 0. The van der Waals surface area contributed by atoms with E-state index >= 15 is 0 Å². The second kappa shape index (κ2) is 8.50. The van der Waals surface area contributed by atoms with E-state index in [9.17, 15) is 14.9 Å². The molecule has 2 aromatic rings. The zero-order valence-electron chi connectivity index (χ0n) is 14.6. The molecule has 0 spiro atoms. The molecule has 0 unspecified atom stereocenters. The third kappa shape index (κ3) is 4.41. The first-order chi connectivity index (χ1) is 12.4. The summed E-state index contributed by atoms with van der Waals surface area (Å²) < 4.78 is 12.2. The molecule has 26 heavy (non-hydrogen) atoms. The van der Waals surface area contributed by atoms with E-state index < -0.39 is 18.5 Å². The molecule has 7 heteroatoms. The Labute approximate surface area is 159 Å². The molecule has 6 nitrogen and oxygen atoms in total. The van der Waals surface area contributed by atoms with Gasteiger partial charge in [0.25, 0.3) is 0 Å². The van der Waals surface area contributed by atoms with E-state index in [0.29, 0.717) is 0 Å². The molecule has 0 aliphatic rings. The van der Waals surface area contributed by atoms with E-state index in [2.05, 4.69) is 20.7 Å². The average Bonchev–Trinajstić information content (AvgIpc) is 2.91. The lowest BCUT2D eigenvalue weighted by molar-refractivity contribution is -0.154. The maximum atomic E-state index is 12.0. The Hall–Kier alpha value is -2.85. The number of carbonyl (C=O) groups excluding carboxylic acids is 2. The predicted molar refractivity (Wildman–Crippen MR) is 99.5 cm³/mol. The van der Waals surface area contributed by atoms with Gasteiger partial charge in [-0.1, -0.05) is 15.9 Å². The summed E-state index contributed by atoms with van der Waals surface area (Å²) in [5.41, 5.74) is 3.33. The van der Waals surface area contributed by atoms with Gasteiger partial charge in [0.1, 0.15) is 11.6 Å². The molecule has 0 N–H and O–H groups in total. The number of hydrogen-bond acceptors (Lipinski definition) is 5. The first-order valence-electron chi connectivity index (χ1n) is 7.68.